The maximum atomic E-state index is 12.5. The van der Waals surface area contributed by atoms with E-state index < -0.39 is 15.9 Å². The van der Waals surface area contributed by atoms with Crippen molar-refractivity contribution in [3.63, 3.8) is 0 Å². The predicted octanol–water partition coefficient (Wildman–Crippen LogP) is 2.80. The van der Waals surface area contributed by atoms with Crippen LogP contribution in [-0.4, -0.2) is 32.2 Å². The molecule has 0 aliphatic carbocycles. The lowest BCUT2D eigenvalue weighted by Crippen LogP contribution is -2.38. The van der Waals surface area contributed by atoms with Gasteiger partial charge in [0.15, 0.2) is 0 Å². The Morgan fingerprint density at radius 1 is 1.19 bits per heavy atom. The summed E-state index contributed by atoms with van der Waals surface area (Å²) in [5.41, 5.74) is 1.02. The summed E-state index contributed by atoms with van der Waals surface area (Å²) in [4.78, 5) is 12.1. The van der Waals surface area contributed by atoms with Gasteiger partial charge in [0.1, 0.15) is 0 Å². The fraction of sp³-hybridized carbons (Fsp3) is 0.176. The van der Waals surface area contributed by atoms with Crippen molar-refractivity contribution in [3.8, 4) is 6.07 Å². The average molecular weight is 412 g/mol. The van der Waals surface area contributed by atoms with E-state index in [1.165, 1.54) is 31.3 Å². The standard InChI is InChI=1S/C17H15Cl2N3O3S/c1-22(26(24,25)15-6-2-12(9-20)3-7-15)11-17(23)21-10-13-4-5-14(18)8-16(13)19/h2-8H,10-11H2,1H3,(H,21,23). The van der Waals surface area contributed by atoms with Gasteiger partial charge in [0.2, 0.25) is 15.9 Å². The van der Waals surface area contributed by atoms with Crippen molar-refractivity contribution in [3.05, 3.63) is 63.6 Å². The van der Waals surface area contributed by atoms with Crippen molar-refractivity contribution in [1.82, 2.24) is 9.62 Å². The fourth-order valence-electron chi connectivity index (χ4n) is 2.08. The van der Waals surface area contributed by atoms with Gasteiger partial charge in [-0.05, 0) is 42.0 Å². The molecule has 0 unspecified atom stereocenters. The number of hydrogen-bond acceptors (Lipinski definition) is 4. The van der Waals surface area contributed by atoms with E-state index in [9.17, 15) is 13.2 Å². The highest BCUT2D eigenvalue weighted by molar-refractivity contribution is 7.89. The number of hydrogen-bond donors (Lipinski definition) is 1. The van der Waals surface area contributed by atoms with Gasteiger partial charge in [-0.15, -0.1) is 0 Å². The molecule has 26 heavy (non-hydrogen) atoms. The Morgan fingerprint density at radius 2 is 1.85 bits per heavy atom. The third-order valence-electron chi connectivity index (χ3n) is 3.55. The minimum Gasteiger partial charge on any atom is -0.351 e. The van der Waals surface area contributed by atoms with Crippen LogP contribution in [-0.2, 0) is 21.4 Å². The van der Waals surface area contributed by atoms with Crippen molar-refractivity contribution < 1.29 is 13.2 Å². The molecular formula is C17H15Cl2N3O3S. The van der Waals surface area contributed by atoms with Crippen LogP contribution in [0.1, 0.15) is 11.1 Å². The van der Waals surface area contributed by atoms with Crippen LogP contribution >= 0.6 is 23.2 Å². The Labute approximate surface area is 162 Å². The predicted molar refractivity (Wildman–Crippen MR) is 99.3 cm³/mol. The quantitative estimate of drug-likeness (QED) is 0.790. The van der Waals surface area contributed by atoms with Gasteiger partial charge in [-0.1, -0.05) is 29.3 Å². The summed E-state index contributed by atoms with van der Waals surface area (Å²) < 4.78 is 25.9. The van der Waals surface area contributed by atoms with Crippen molar-refractivity contribution >= 4 is 39.1 Å². The lowest BCUT2D eigenvalue weighted by atomic mass is 10.2. The smallest absolute Gasteiger partial charge is 0.243 e. The molecule has 0 bridgehead atoms. The second-order valence-electron chi connectivity index (χ2n) is 5.41. The number of nitrogens with one attached hydrogen (secondary N) is 1. The molecule has 136 valence electrons. The highest BCUT2D eigenvalue weighted by atomic mass is 35.5. The maximum Gasteiger partial charge on any atom is 0.243 e. The van der Waals surface area contributed by atoms with E-state index in [2.05, 4.69) is 5.32 Å². The van der Waals surface area contributed by atoms with Crippen LogP contribution in [0.2, 0.25) is 10.0 Å². The van der Waals surface area contributed by atoms with E-state index >= 15 is 0 Å². The summed E-state index contributed by atoms with van der Waals surface area (Å²) in [5.74, 6) is -0.476. The second kappa shape index (κ2) is 8.52. The molecule has 1 N–H and O–H groups in total. The first-order valence-corrected chi connectivity index (χ1v) is 9.61. The number of likely N-dealkylation sites (N-methyl/N-ethyl adjacent to an activating group) is 1. The minimum atomic E-state index is -3.84. The van der Waals surface area contributed by atoms with Gasteiger partial charge in [0.25, 0.3) is 0 Å². The number of carbonyl (C=O) groups is 1. The lowest BCUT2D eigenvalue weighted by Gasteiger charge is -2.17. The number of nitrogens with zero attached hydrogens (tertiary/aromatic N) is 2. The zero-order valence-electron chi connectivity index (χ0n) is 13.7. The molecule has 0 radical (unpaired) electrons. The Kier molecular flexibility index (Phi) is 6.62. The number of halogens is 2. The molecule has 1 amide bonds. The van der Waals surface area contributed by atoms with Crippen LogP contribution in [0, 0.1) is 11.3 Å². The molecule has 2 aromatic carbocycles. The summed E-state index contributed by atoms with van der Waals surface area (Å²) in [6, 6.07) is 12.3. The molecule has 0 saturated carbocycles. The molecule has 0 fully saturated rings. The molecule has 2 aromatic rings. The molecule has 0 aliphatic rings. The van der Waals surface area contributed by atoms with Gasteiger partial charge in [-0.3, -0.25) is 4.79 Å². The third kappa shape index (κ3) is 4.96. The molecule has 0 aromatic heterocycles. The normalized spacial score (nSPS) is 11.2. The van der Waals surface area contributed by atoms with Gasteiger partial charge in [0.05, 0.1) is 23.1 Å². The van der Waals surface area contributed by atoms with E-state index in [1.807, 2.05) is 6.07 Å². The number of nitriles is 1. The van der Waals surface area contributed by atoms with Crippen LogP contribution in [0.3, 0.4) is 0 Å². The summed E-state index contributed by atoms with van der Waals surface area (Å²) in [6.45, 7) is -0.201. The Morgan fingerprint density at radius 3 is 2.42 bits per heavy atom. The molecular weight excluding hydrogens is 397 g/mol. The number of rotatable bonds is 6. The van der Waals surface area contributed by atoms with Gasteiger partial charge >= 0.3 is 0 Å². The average Bonchev–Trinajstić information content (AvgIpc) is 2.61. The second-order valence-corrected chi connectivity index (χ2v) is 8.30. The number of carbonyl (C=O) groups excluding carboxylic acids is 1. The molecule has 0 heterocycles. The first-order valence-electron chi connectivity index (χ1n) is 7.41. The summed E-state index contributed by atoms with van der Waals surface area (Å²) in [7, 11) is -2.53. The van der Waals surface area contributed by atoms with E-state index in [4.69, 9.17) is 28.5 Å². The van der Waals surface area contributed by atoms with E-state index in [-0.39, 0.29) is 18.0 Å². The first-order chi connectivity index (χ1) is 12.2. The van der Waals surface area contributed by atoms with Crippen molar-refractivity contribution in [2.24, 2.45) is 0 Å². The summed E-state index contributed by atoms with van der Waals surface area (Å²) >= 11 is 11.8. The van der Waals surface area contributed by atoms with Crippen molar-refractivity contribution in [2.75, 3.05) is 13.6 Å². The van der Waals surface area contributed by atoms with Gasteiger partial charge in [-0.25, -0.2) is 8.42 Å². The van der Waals surface area contributed by atoms with E-state index in [1.54, 1.807) is 18.2 Å². The zero-order valence-corrected chi connectivity index (χ0v) is 16.1. The van der Waals surface area contributed by atoms with E-state index in [0.717, 1.165) is 4.31 Å². The highest BCUT2D eigenvalue weighted by Gasteiger charge is 2.22. The largest absolute Gasteiger partial charge is 0.351 e. The highest BCUT2D eigenvalue weighted by Crippen LogP contribution is 2.20. The minimum absolute atomic E-state index is 0.00699. The number of benzene rings is 2. The molecule has 0 aliphatic heterocycles. The molecule has 0 saturated heterocycles. The molecule has 0 atom stereocenters. The summed E-state index contributed by atoms with van der Waals surface area (Å²) in [5, 5.41) is 12.3. The number of amides is 1. The first kappa shape index (κ1) is 20.2. The molecule has 9 heteroatoms. The topological polar surface area (TPSA) is 90.3 Å². The van der Waals surface area contributed by atoms with E-state index in [0.29, 0.717) is 21.2 Å². The Bertz CT molecular complexity index is 954. The van der Waals surface area contributed by atoms with Crippen LogP contribution < -0.4 is 5.32 Å². The molecule has 6 nitrogen and oxygen atoms in total. The SMILES string of the molecule is CN(CC(=O)NCc1ccc(Cl)cc1Cl)S(=O)(=O)c1ccc(C#N)cc1. The Hall–Kier alpha value is -2.11. The van der Waals surface area contributed by atoms with Crippen LogP contribution in [0.25, 0.3) is 0 Å². The molecule has 2 rings (SSSR count). The molecule has 0 spiro atoms. The fourth-order valence-corrected chi connectivity index (χ4v) is 3.69. The van der Waals surface area contributed by atoms with Gasteiger partial charge in [-0.2, -0.15) is 9.57 Å². The van der Waals surface area contributed by atoms with Gasteiger partial charge in [0, 0.05) is 23.6 Å². The van der Waals surface area contributed by atoms with Gasteiger partial charge < -0.3 is 5.32 Å². The van der Waals surface area contributed by atoms with Crippen LogP contribution in [0.4, 0.5) is 0 Å². The summed E-state index contributed by atoms with van der Waals surface area (Å²) in [6.07, 6.45) is 0. The zero-order chi connectivity index (χ0) is 19.3. The number of sulfonamides is 1. The monoisotopic (exact) mass is 411 g/mol. The van der Waals surface area contributed by atoms with Crippen molar-refractivity contribution in [1.29, 1.82) is 5.26 Å². The lowest BCUT2D eigenvalue weighted by molar-refractivity contribution is -0.121. The van der Waals surface area contributed by atoms with Crippen molar-refractivity contribution in [2.45, 2.75) is 11.4 Å². The Balaban J connectivity index is 2.00. The maximum absolute atomic E-state index is 12.5. The third-order valence-corrected chi connectivity index (χ3v) is 5.95. The van der Waals surface area contributed by atoms with Crippen LogP contribution in [0.15, 0.2) is 47.4 Å². The van der Waals surface area contributed by atoms with Crippen LogP contribution in [0.5, 0.6) is 0 Å².